The van der Waals surface area contributed by atoms with Gasteiger partial charge in [0, 0.05) is 0 Å². The minimum absolute atomic E-state index is 0.0329. The molecule has 1 saturated heterocycles. The average molecular weight is 417 g/mol. The Morgan fingerprint density at radius 1 is 1.20 bits per heavy atom. The largest absolute Gasteiger partial charge is 0.507 e. The maximum absolute atomic E-state index is 12.9. The molecule has 1 fully saturated rings. The van der Waals surface area contributed by atoms with Crippen LogP contribution in [0.5, 0.6) is 5.75 Å². The van der Waals surface area contributed by atoms with Gasteiger partial charge in [0.2, 0.25) is 0 Å². The van der Waals surface area contributed by atoms with E-state index in [1.807, 2.05) is 19.1 Å². The van der Waals surface area contributed by atoms with Gasteiger partial charge in [-0.2, -0.15) is 0 Å². The zero-order valence-electron chi connectivity index (χ0n) is 13.1. The van der Waals surface area contributed by atoms with Gasteiger partial charge in [-0.3, -0.25) is 19.8 Å². The summed E-state index contributed by atoms with van der Waals surface area (Å²) in [6, 6.07) is 12.0. The van der Waals surface area contributed by atoms with Crippen molar-refractivity contribution in [2.75, 3.05) is 4.90 Å². The summed E-state index contributed by atoms with van der Waals surface area (Å²) in [5.74, 6) is -0.972. The van der Waals surface area contributed by atoms with Gasteiger partial charge in [-0.25, -0.2) is 0 Å². The summed E-state index contributed by atoms with van der Waals surface area (Å²) in [7, 11) is 0. The van der Waals surface area contributed by atoms with E-state index in [0.29, 0.717) is 15.7 Å². The van der Waals surface area contributed by atoms with Crippen LogP contribution in [0.1, 0.15) is 11.1 Å². The van der Waals surface area contributed by atoms with Crippen molar-refractivity contribution < 1.29 is 14.7 Å². The number of nitrogens with one attached hydrogen (secondary N) is 1. The van der Waals surface area contributed by atoms with E-state index in [1.165, 1.54) is 17.0 Å². The standard InChI is InChI=1S/C18H13BrN2O3S/c1-10-4-2-3-5-14(10)21-17(24)12(16(23)20-18(21)25)8-11-6-7-15(22)13(19)9-11/h2-9,22H,1H3,(H,20,23,25)/b12-8+. The van der Waals surface area contributed by atoms with E-state index in [1.54, 1.807) is 24.3 Å². The Morgan fingerprint density at radius 2 is 1.92 bits per heavy atom. The molecule has 0 aromatic heterocycles. The predicted molar refractivity (Wildman–Crippen MR) is 103 cm³/mol. The number of nitrogens with zero attached hydrogens (tertiary/aromatic N) is 1. The molecule has 0 saturated carbocycles. The summed E-state index contributed by atoms with van der Waals surface area (Å²) in [6.45, 7) is 1.86. The zero-order valence-corrected chi connectivity index (χ0v) is 15.5. The van der Waals surface area contributed by atoms with E-state index in [-0.39, 0.29) is 16.4 Å². The molecule has 0 bridgehead atoms. The van der Waals surface area contributed by atoms with Crippen molar-refractivity contribution in [2.45, 2.75) is 6.92 Å². The maximum atomic E-state index is 12.9. The summed E-state index contributed by atoms with van der Waals surface area (Å²) in [6.07, 6.45) is 1.47. The monoisotopic (exact) mass is 416 g/mol. The van der Waals surface area contributed by atoms with Crippen LogP contribution in [0.4, 0.5) is 5.69 Å². The molecule has 2 aromatic rings. The lowest BCUT2D eigenvalue weighted by molar-refractivity contribution is -0.122. The molecule has 25 heavy (non-hydrogen) atoms. The Labute approximate surface area is 158 Å². The Bertz CT molecular complexity index is 940. The number of carbonyl (C=O) groups excluding carboxylic acids is 2. The number of benzene rings is 2. The Hall–Kier alpha value is -2.51. The second-order valence-corrected chi connectivity index (χ2v) is 6.70. The van der Waals surface area contributed by atoms with Gasteiger partial charge < -0.3 is 5.11 Å². The highest BCUT2D eigenvalue weighted by molar-refractivity contribution is 9.10. The van der Waals surface area contributed by atoms with Gasteiger partial charge in [-0.1, -0.05) is 24.3 Å². The maximum Gasteiger partial charge on any atom is 0.270 e. The molecule has 0 aliphatic carbocycles. The molecule has 0 radical (unpaired) electrons. The minimum atomic E-state index is -0.552. The Morgan fingerprint density at radius 3 is 2.60 bits per heavy atom. The fourth-order valence-corrected chi connectivity index (χ4v) is 3.14. The van der Waals surface area contributed by atoms with Crippen molar-refractivity contribution in [3.63, 3.8) is 0 Å². The number of phenolic OH excluding ortho intramolecular Hbond substituents is 1. The van der Waals surface area contributed by atoms with E-state index >= 15 is 0 Å². The van der Waals surface area contributed by atoms with Gasteiger partial charge in [0.05, 0.1) is 10.2 Å². The summed E-state index contributed by atoms with van der Waals surface area (Å²) in [5.41, 5.74) is 2.05. The van der Waals surface area contributed by atoms with Crippen LogP contribution in [0.15, 0.2) is 52.5 Å². The highest BCUT2D eigenvalue weighted by atomic mass is 79.9. The molecule has 0 spiro atoms. The van der Waals surface area contributed by atoms with Gasteiger partial charge in [-0.05, 0) is 70.5 Å². The number of phenols is 1. The average Bonchev–Trinajstić information content (AvgIpc) is 2.56. The topological polar surface area (TPSA) is 69.6 Å². The van der Waals surface area contributed by atoms with Crippen molar-refractivity contribution >= 4 is 56.8 Å². The molecule has 7 heteroatoms. The lowest BCUT2D eigenvalue weighted by Crippen LogP contribution is -2.54. The molecule has 2 N–H and O–H groups in total. The molecule has 3 rings (SSSR count). The van der Waals surface area contributed by atoms with Crippen LogP contribution in [0.25, 0.3) is 6.08 Å². The predicted octanol–water partition coefficient (Wildman–Crippen LogP) is 3.29. The fourth-order valence-electron chi connectivity index (χ4n) is 2.47. The van der Waals surface area contributed by atoms with E-state index in [2.05, 4.69) is 21.2 Å². The highest BCUT2D eigenvalue weighted by Crippen LogP contribution is 2.28. The number of halogens is 1. The lowest BCUT2D eigenvalue weighted by Gasteiger charge is -2.30. The van der Waals surface area contributed by atoms with E-state index < -0.39 is 11.8 Å². The molecular formula is C18H13BrN2O3S. The fraction of sp³-hybridized carbons (Fsp3) is 0.0556. The summed E-state index contributed by atoms with van der Waals surface area (Å²) >= 11 is 8.40. The Balaban J connectivity index is 2.05. The van der Waals surface area contributed by atoms with Crippen LogP contribution >= 0.6 is 28.1 Å². The van der Waals surface area contributed by atoms with Crippen LogP contribution in [0.3, 0.4) is 0 Å². The third-order valence-corrected chi connectivity index (χ3v) is 4.66. The molecule has 0 atom stereocenters. The number of rotatable bonds is 2. The smallest absolute Gasteiger partial charge is 0.270 e. The molecule has 1 aliphatic heterocycles. The van der Waals surface area contributed by atoms with Crippen LogP contribution in [-0.2, 0) is 9.59 Å². The van der Waals surface area contributed by atoms with E-state index in [9.17, 15) is 14.7 Å². The third kappa shape index (κ3) is 3.33. The minimum Gasteiger partial charge on any atom is -0.507 e. The van der Waals surface area contributed by atoms with E-state index in [4.69, 9.17) is 12.2 Å². The number of carbonyl (C=O) groups is 2. The Kier molecular flexibility index (Phi) is 4.69. The number of para-hydroxylation sites is 1. The second-order valence-electron chi connectivity index (χ2n) is 5.46. The van der Waals surface area contributed by atoms with Crippen molar-refractivity contribution in [3.05, 3.63) is 63.6 Å². The summed E-state index contributed by atoms with van der Waals surface area (Å²) in [5, 5.41) is 12.2. The highest BCUT2D eigenvalue weighted by Gasteiger charge is 2.34. The van der Waals surface area contributed by atoms with E-state index in [0.717, 1.165) is 5.56 Å². The normalized spacial score (nSPS) is 16.3. The molecular weight excluding hydrogens is 404 g/mol. The number of amides is 2. The van der Waals surface area contributed by atoms with Crippen molar-refractivity contribution in [2.24, 2.45) is 0 Å². The third-order valence-electron chi connectivity index (χ3n) is 3.74. The first-order valence-electron chi connectivity index (χ1n) is 7.34. The van der Waals surface area contributed by atoms with Crippen LogP contribution < -0.4 is 10.2 Å². The van der Waals surface area contributed by atoms with Gasteiger partial charge in [0.25, 0.3) is 11.8 Å². The number of anilines is 1. The number of thiocarbonyl (C=S) groups is 1. The number of hydrogen-bond donors (Lipinski definition) is 2. The van der Waals surface area contributed by atoms with Crippen LogP contribution in [0.2, 0.25) is 0 Å². The first-order valence-corrected chi connectivity index (χ1v) is 8.54. The SMILES string of the molecule is Cc1ccccc1N1C(=O)/C(=C/c2ccc(O)c(Br)c2)C(=O)NC1=S. The molecule has 5 nitrogen and oxygen atoms in total. The summed E-state index contributed by atoms with van der Waals surface area (Å²) in [4.78, 5) is 26.5. The van der Waals surface area contributed by atoms with Crippen LogP contribution in [0, 0.1) is 6.92 Å². The number of aryl methyl sites for hydroxylation is 1. The van der Waals surface area contributed by atoms with Gasteiger partial charge >= 0.3 is 0 Å². The molecule has 126 valence electrons. The number of hydrogen-bond acceptors (Lipinski definition) is 4. The van der Waals surface area contributed by atoms with Crippen molar-refractivity contribution in [1.29, 1.82) is 0 Å². The van der Waals surface area contributed by atoms with Crippen molar-refractivity contribution in [1.82, 2.24) is 5.32 Å². The lowest BCUT2D eigenvalue weighted by atomic mass is 10.1. The summed E-state index contributed by atoms with van der Waals surface area (Å²) < 4.78 is 0.469. The van der Waals surface area contributed by atoms with Gasteiger partial charge in [-0.15, -0.1) is 0 Å². The first kappa shape index (κ1) is 17.3. The molecule has 0 unspecified atom stereocenters. The molecule has 1 aliphatic rings. The van der Waals surface area contributed by atoms with Crippen molar-refractivity contribution in [3.8, 4) is 5.75 Å². The second kappa shape index (κ2) is 6.78. The zero-order chi connectivity index (χ0) is 18.1. The molecule has 2 aromatic carbocycles. The quantitative estimate of drug-likeness (QED) is 0.447. The number of aromatic hydroxyl groups is 1. The van der Waals surface area contributed by atoms with Gasteiger partial charge in [0.1, 0.15) is 11.3 Å². The first-order chi connectivity index (χ1) is 11.9. The van der Waals surface area contributed by atoms with Crippen LogP contribution in [-0.4, -0.2) is 22.0 Å². The van der Waals surface area contributed by atoms with Gasteiger partial charge in [0.15, 0.2) is 5.11 Å². The molecule has 2 amide bonds. The molecule has 1 heterocycles.